The van der Waals surface area contributed by atoms with Crippen molar-refractivity contribution in [2.75, 3.05) is 0 Å². The average molecular weight is 318 g/mol. The van der Waals surface area contributed by atoms with Gasteiger partial charge < -0.3 is 9.47 Å². The zero-order valence-corrected chi connectivity index (χ0v) is 13.1. The van der Waals surface area contributed by atoms with E-state index in [-0.39, 0.29) is 12.4 Å². The minimum Gasteiger partial charge on any atom is -0.457 e. The topological polar surface area (TPSA) is 59.3 Å². The lowest BCUT2D eigenvalue weighted by Crippen LogP contribution is -2.25. The molecule has 0 radical (unpaired) electrons. The molecule has 0 aliphatic rings. The first kappa shape index (κ1) is 17.5. The molecule has 2 aromatic rings. The maximum Gasteiger partial charge on any atom is 0.339 e. The molecule has 0 N–H and O–H groups in total. The predicted molar refractivity (Wildman–Crippen MR) is 85.3 cm³/mol. The number of para-hydroxylation sites is 1. The van der Waals surface area contributed by atoms with Crippen molar-refractivity contribution in [3.05, 3.63) is 60.2 Å². The first-order valence-electron chi connectivity index (χ1n) is 6.48. The van der Waals surface area contributed by atoms with Gasteiger partial charge in [-0.2, -0.15) is 5.26 Å². The van der Waals surface area contributed by atoms with E-state index < -0.39 is 11.6 Å². The Morgan fingerprint density at radius 2 is 1.68 bits per heavy atom. The fourth-order valence-electron chi connectivity index (χ4n) is 1.62. The van der Waals surface area contributed by atoms with Crippen LogP contribution in [0.3, 0.4) is 0 Å². The van der Waals surface area contributed by atoms with Crippen molar-refractivity contribution in [3.8, 4) is 17.6 Å². The summed E-state index contributed by atoms with van der Waals surface area (Å²) >= 11 is 0. The number of carbonyl (C=O) groups excluding carboxylic acids is 1. The van der Waals surface area contributed by atoms with Crippen LogP contribution in [0, 0.1) is 11.3 Å². The van der Waals surface area contributed by atoms with E-state index in [9.17, 15) is 4.79 Å². The van der Waals surface area contributed by atoms with E-state index in [1.165, 1.54) is 13.8 Å². The van der Waals surface area contributed by atoms with Crippen molar-refractivity contribution in [2.45, 2.75) is 19.4 Å². The Hall–Kier alpha value is -2.51. The van der Waals surface area contributed by atoms with Crippen molar-refractivity contribution in [1.29, 1.82) is 5.26 Å². The van der Waals surface area contributed by atoms with Gasteiger partial charge in [0.1, 0.15) is 17.6 Å². The largest absolute Gasteiger partial charge is 0.457 e. The Morgan fingerprint density at radius 3 is 2.32 bits per heavy atom. The van der Waals surface area contributed by atoms with Crippen LogP contribution in [0.2, 0.25) is 0 Å². The van der Waals surface area contributed by atoms with Crippen LogP contribution in [0.15, 0.2) is 54.6 Å². The molecule has 0 aliphatic carbocycles. The molecule has 22 heavy (non-hydrogen) atoms. The van der Waals surface area contributed by atoms with Crippen molar-refractivity contribution in [1.82, 2.24) is 0 Å². The molecule has 0 saturated carbocycles. The molecule has 0 atom stereocenters. The summed E-state index contributed by atoms with van der Waals surface area (Å²) in [5.74, 6) is 0.658. The highest BCUT2D eigenvalue weighted by molar-refractivity contribution is 5.90. The maximum absolute atomic E-state index is 12.0. The van der Waals surface area contributed by atoms with Gasteiger partial charge in [0.2, 0.25) is 0 Å². The second-order valence-corrected chi connectivity index (χ2v) is 4.95. The SMILES string of the molecule is CC(C)(C#N)OC(=O)c1cccc(Oc2ccccc2)c1.Cl. The third-order valence-electron chi connectivity index (χ3n) is 2.67. The van der Waals surface area contributed by atoms with Crippen molar-refractivity contribution < 1.29 is 14.3 Å². The van der Waals surface area contributed by atoms with E-state index >= 15 is 0 Å². The molecule has 0 saturated heterocycles. The molecule has 2 aromatic carbocycles. The number of carbonyl (C=O) groups is 1. The molecule has 2 rings (SSSR count). The van der Waals surface area contributed by atoms with Crippen molar-refractivity contribution in [2.24, 2.45) is 0 Å². The smallest absolute Gasteiger partial charge is 0.339 e. The molecule has 0 aliphatic heterocycles. The number of benzene rings is 2. The summed E-state index contributed by atoms with van der Waals surface area (Å²) in [4.78, 5) is 12.0. The fourth-order valence-corrected chi connectivity index (χ4v) is 1.62. The highest BCUT2D eigenvalue weighted by Crippen LogP contribution is 2.22. The summed E-state index contributed by atoms with van der Waals surface area (Å²) < 4.78 is 10.8. The summed E-state index contributed by atoms with van der Waals surface area (Å²) in [5.41, 5.74) is -0.820. The van der Waals surface area contributed by atoms with Crippen LogP contribution in [0.5, 0.6) is 11.5 Å². The summed E-state index contributed by atoms with van der Waals surface area (Å²) in [6, 6.07) is 17.8. The van der Waals surface area contributed by atoms with Gasteiger partial charge in [-0.05, 0) is 44.2 Å². The van der Waals surface area contributed by atoms with E-state index in [0.29, 0.717) is 17.1 Å². The minimum absolute atomic E-state index is 0. The molecular formula is C17H16ClNO3. The number of hydrogen-bond acceptors (Lipinski definition) is 4. The van der Waals surface area contributed by atoms with Gasteiger partial charge >= 0.3 is 5.97 Å². The van der Waals surface area contributed by atoms with Gasteiger partial charge in [0.05, 0.1) is 5.56 Å². The summed E-state index contributed by atoms with van der Waals surface area (Å²) in [5, 5.41) is 8.89. The molecule has 0 amide bonds. The van der Waals surface area contributed by atoms with E-state index in [4.69, 9.17) is 14.7 Å². The molecule has 0 unspecified atom stereocenters. The number of halogens is 1. The fraction of sp³-hybridized carbons (Fsp3) is 0.176. The predicted octanol–water partition coefficient (Wildman–Crippen LogP) is 4.36. The lowest BCUT2D eigenvalue weighted by atomic mass is 10.1. The summed E-state index contributed by atoms with van der Waals surface area (Å²) in [7, 11) is 0. The Labute approximate surface area is 135 Å². The number of esters is 1. The summed E-state index contributed by atoms with van der Waals surface area (Å²) in [6.07, 6.45) is 0. The Balaban J connectivity index is 0.00000242. The van der Waals surface area contributed by atoms with E-state index in [0.717, 1.165) is 0 Å². The Morgan fingerprint density at radius 1 is 1.05 bits per heavy atom. The molecule has 0 fully saturated rings. The van der Waals surface area contributed by atoms with Gasteiger partial charge in [0.15, 0.2) is 5.60 Å². The van der Waals surface area contributed by atoms with Gasteiger partial charge in [-0.25, -0.2) is 4.79 Å². The first-order valence-corrected chi connectivity index (χ1v) is 6.48. The lowest BCUT2D eigenvalue weighted by molar-refractivity contribution is 0.0197. The molecular weight excluding hydrogens is 302 g/mol. The quantitative estimate of drug-likeness (QED) is 0.786. The van der Waals surface area contributed by atoms with Crippen LogP contribution in [0.1, 0.15) is 24.2 Å². The van der Waals surface area contributed by atoms with Gasteiger partial charge in [0.25, 0.3) is 0 Å². The second-order valence-electron chi connectivity index (χ2n) is 4.95. The molecule has 114 valence electrons. The van der Waals surface area contributed by atoms with E-state index in [1.54, 1.807) is 24.3 Å². The van der Waals surface area contributed by atoms with Crippen LogP contribution in [-0.2, 0) is 4.74 Å². The number of rotatable bonds is 4. The third-order valence-corrected chi connectivity index (χ3v) is 2.67. The molecule has 0 heterocycles. The number of nitrogens with zero attached hydrogens (tertiary/aromatic N) is 1. The zero-order valence-electron chi connectivity index (χ0n) is 12.3. The highest BCUT2D eigenvalue weighted by atomic mass is 35.5. The Kier molecular flexibility index (Phi) is 5.97. The van der Waals surface area contributed by atoms with Crippen LogP contribution in [-0.4, -0.2) is 11.6 Å². The highest BCUT2D eigenvalue weighted by Gasteiger charge is 2.23. The molecule has 0 aromatic heterocycles. The third kappa shape index (κ3) is 4.80. The van der Waals surface area contributed by atoms with Crippen LogP contribution in [0.4, 0.5) is 0 Å². The normalized spacial score (nSPS) is 10.0. The van der Waals surface area contributed by atoms with Crippen LogP contribution < -0.4 is 4.74 Å². The van der Waals surface area contributed by atoms with E-state index in [1.807, 2.05) is 36.4 Å². The lowest BCUT2D eigenvalue weighted by Gasteiger charge is -2.16. The first-order chi connectivity index (χ1) is 10.00. The number of hydrogen-bond donors (Lipinski definition) is 0. The molecule has 5 heteroatoms. The molecule has 4 nitrogen and oxygen atoms in total. The number of nitriles is 1. The van der Waals surface area contributed by atoms with Crippen molar-refractivity contribution in [3.63, 3.8) is 0 Å². The molecule has 0 bridgehead atoms. The van der Waals surface area contributed by atoms with Gasteiger partial charge in [-0.1, -0.05) is 24.3 Å². The maximum atomic E-state index is 12.0. The molecule has 0 spiro atoms. The van der Waals surface area contributed by atoms with Crippen LogP contribution >= 0.6 is 12.4 Å². The van der Waals surface area contributed by atoms with Gasteiger partial charge in [-0.3, -0.25) is 0 Å². The Bertz CT molecular complexity index is 678. The standard InChI is InChI=1S/C17H15NO3.ClH/c1-17(2,12-18)21-16(19)13-7-6-10-15(11-13)20-14-8-4-3-5-9-14;/h3-11H,1-2H3;1H. The summed E-state index contributed by atoms with van der Waals surface area (Å²) in [6.45, 7) is 3.07. The zero-order chi connectivity index (χ0) is 15.3. The average Bonchev–Trinajstić information content (AvgIpc) is 2.48. The van der Waals surface area contributed by atoms with E-state index in [2.05, 4.69) is 0 Å². The minimum atomic E-state index is -1.16. The second kappa shape index (κ2) is 7.48. The van der Waals surface area contributed by atoms with Crippen LogP contribution in [0.25, 0.3) is 0 Å². The number of ether oxygens (including phenoxy) is 2. The van der Waals surface area contributed by atoms with Gasteiger partial charge in [0, 0.05) is 0 Å². The van der Waals surface area contributed by atoms with Gasteiger partial charge in [-0.15, -0.1) is 12.4 Å². The monoisotopic (exact) mass is 317 g/mol. The van der Waals surface area contributed by atoms with Crippen molar-refractivity contribution >= 4 is 18.4 Å².